The Bertz CT molecular complexity index is 655. The highest BCUT2D eigenvalue weighted by molar-refractivity contribution is 5.92. The van der Waals surface area contributed by atoms with Crippen molar-refractivity contribution in [1.29, 1.82) is 0 Å². The lowest BCUT2D eigenvalue weighted by molar-refractivity contribution is 0.0748. The number of carbonyl (C=O) groups excluding carboxylic acids is 1. The van der Waals surface area contributed by atoms with Crippen LogP contribution < -0.4 is 0 Å². The van der Waals surface area contributed by atoms with Gasteiger partial charge in [-0.3, -0.25) is 4.79 Å². The maximum Gasteiger partial charge on any atom is 0.270 e. The molecule has 0 bridgehead atoms. The molecule has 0 saturated carbocycles. The molecule has 5 nitrogen and oxygen atoms in total. The van der Waals surface area contributed by atoms with Gasteiger partial charge >= 0.3 is 0 Å². The molecular weight excluding hydrogens is 276 g/mol. The minimum atomic E-state index is 0.107. The van der Waals surface area contributed by atoms with E-state index in [1.165, 1.54) is 5.82 Å². The van der Waals surface area contributed by atoms with Gasteiger partial charge in [-0.2, -0.15) is 0 Å². The fourth-order valence-corrected chi connectivity index (χ4v) is 3.28. The first-order chi connectivity index (χ1) is 10.6. The van der Waals surface area contributed by atoms with Crippen LogP contribution in [0.1, 0.15) is 42.6 Å². The van der Waals surface area contributed by atoms with Crippen molar-refractivity contribution in [2.45, 2.75) is 39.3 Å². The summed E-state index contributed by atoms with van der Waals surface area (Å²) in [5.74, 6) is 1.77. The molecule has 3 heterocycles. The Morgan fingerprint density at radius 2 is 2.27 bits per heavy atom. The second kappa shape index (κ2) is 5.99. The molecule has 0 spiro atoms. The number of fused-ring (bicyclic) bond motifs is 1. The molecule has 0 aromatic carbocycles. The lowest BCUT2D eigenvalue weighted by Gasteiger charge is -2.28. The number of amides is 1. The number of aromatic nitrogens is 3. The highest BCUT2D eigenvalue weighted by Gasteiger charge is 2.23. The smallest absolute Gasteiger partial charge is 0.270 e. The third kappa shape index (κ3) is 2.80. The number of aryl methyl sites for hydroxylation is 1. The SMILES string of the molecule is CC(C)n1cccc1C(=O)N(C)CC1CCc2nccn2C1. The molecule has 1 unspecified atom stereocenters. The predicted molar refractivity (Wildman–Crippen MR) is 85.8 cm³/mol. The molecule has 0 radical (unpaired) electrons. The van der Waals surface area contributed by atoms with Crippen molar-refractivity contribution < 1.29 is 4.79 Å². The van der Waals surface area contributed by atoms with Crippen LogP contribution >= 0.6 is 0 Å². The molecule has 0 N–H and O–H groups in total. The van der Waals surface area contributed by atoms with E-state index >= 15 is 0 Å². The lowest BCUT2D eigenvalue weighted by Crippen LogP contribution is -2.36. The van der Waals surface area contributed by atoms with E-state index in [4.69, 9.17) is 0 Å². The van der Waals surface area contributed by atoms with Crippen LogP contribution in [0.4, 0.5) is 0 Å². The van der Waals surface area contributed by atoms with Crippen molar-refractivity contribution in [3.8, 4) is 0 Å². The molecule has 1 atom stereocenters. The number of rotatable bonds is 4. The van der Waals surface area contributed by atoms with Gasteiger partial charge < -0.3 is 14.0 Å². The van der Waals surface area contributed by atoms with E-state index in [-0.39, 0.29) is 5.91 Å². The summed E-state index contributed by atoms with van der Waals surface area (Å²) >= 11 is 0. The van der Waals surface area contributed by atoms with Crippen LogP contribution in [-0.2, 0) is 13.0 Å². The van der Waals surface area contributed by atoms with E-state index in [0.29, 0.717) is 12.0 Å². The van der Waals surface area contributed by atoms with E-state index in [1.54, 1.807) is 0 Å². The van der Waals surface area contributed by atoms with E-state index in [1.807, 2.05) is 47.2 Å². The molecule has 2 aromatic rings. The van der Waals surface area contributed by atoms with Gasteiger partial charge in [0.1, 0.15) is 11.5 Å². The normalized spacial score (nSPS) is 17.5. The molecule has 5 heteroatoms. The molecule has 1 aliphatic rings. The molecule has 2 aromatic heterocycles. The van der Waals surface area contributed by atoms with E-state index in [9.17, 15) is 4.79 Å². The quantitative estimate of drug-likeness (QED) is 0.871. The molecule has 1 amide bonds. The van der Waals surface area contributed by atoms with Gasteiger partial charge in [-0.1, -0.05) is 0 Å². The first-order valence-corrected chi connectivity index (χ1v) is 7.98. The van der Waals surface area contributed by atoms with Crippen LogP contribution in [0.5, 0.6) is 0 Å². The van der Waals surface area contributed by atoms with Gasteiger partial charge in [-0.25, -0.2) is 4.98 Å². The van der Waals surface area contributed by atoms with Crippen LogP contribution in [0.2, 0.25) is 0 Å². The molecule has 0 saturated heterocycles. The zero-order valence-corrected chi connectivity index (χ0v) is 13.6. The summed E-state index contributed by atoms with van der Waals surface area (Å²) in [5, 5.41) is 0. The predicted octanol–water partition coefficient (Wildman–Crippen LogP) is 2.60. The van der Waals surface area contributed by atoms with Crippen molar-refractivity contribution in [1.82, 2.24) is 19.0 Å². The van der Waals surface area contributed by atoms with E-state index in [0.717, 1.165) is 31.6 Å². The average Bonchev–Trinajstić information content (AvgIpc) is 3.14. The first kappa shape index (κ1) is 14.9. The van der Waals surface area contributed by atoms with Crippen LogP contribution in [0.3, 0.4) is 0 Å². The number of imidazole rings is 1. The first-order valence-electron chi connectivity index (χ1n) is 7.98. The maximum absolute atomic E-state index is 12.7. The second-order valence-electron chi connectivity index (χ2n) is 6.48. The minimum Gasteiger partial charge on any atom is -0.341 e. The van der Waals surface area contributed by atoms with Crippen molar-refractivity contribution in [2.24, 2.45) is 5.92 Å². The van der Waals surface area contributed by atoms with Crippen LogP contribution in [0, 0.1) is 5.92 Å². The van der Waals surface area contributed by atoms with Gasteiger partial charge in [0.15, 0.2) is 0 Å². The largest absolute Gasteiger partial charge is 0.341 e. The topological polar surface area (TPSA) is 43.1 Å². The fourth-order valence-electron chi connectivity index (χ4n) is 3.28. The summed E-state index contributed by atoms with van der Waals surface area (Å²) in [4.78, 5) is 18.9. The standard InChI is InChI=1S/C17H24N4O/c1-13(2)21-9-4-5-15(21)17(22)19(3)11-14-6-7-16-18-8-10-20(16)12-14/h4-5,8-10,13-14H,6-7,11-12H2,1-3H3. The van der Waals surface area contributed by atoms with Crippen molar-refractivity contribution >= 4 is 5.91 Å². The lowest BCUT2D eigenvalue weighted by atomic mass is 9.99. The van der Waals surface area contributed by atoms with Gasteiger partial charge in [0, 0.05) is 51.2 Å². The Morgan fingerprint density at radius 3 is 3.05 bits per heavy atom. The summed E-state index contributed by atoms with van der Waals surface area (Å²) in [6.45, 7) is 5.94. The van der Waals surface area contributed by atoms with Crippen molar-refractivity contribution in [3.63, 3.8) is 0 Å². The Morgan fingerprint density at radius 1 is 1.45 bits per heavy atom. The Balaban J connectivity index is 1.66. The van der Waals surface area contributed by atoms with Crippen LogP contribution in [-0.4, -0.2) is 38.5 Å². The van der Waals surface area contributed by atoms with Crippen LogP contribution in [0.25, 0.3) is 0 Å². The number of hydrogen-bond acceptors (Lipinski definition) is 2. The molecule has 1 aliphatic heterocycles. The third-order valence-corrected chi connectivity index (χ3v) is 4.47. The molecule has 118 valence electrons. The second-order valence-corrected chi connectivity index (χ2v) is 6.48. The van der Waals surface area contributed by atoms with Gasteiger partial charge in [0.05, 0.1) is 0 Å². The van der Waals surface area contributed by atoms with Crippen molar-refractivity contribution in [2.75, 3.05) is 13.6 Å². The molecule has 0 fully saturated rings. The van der Waals surface area contributed by atoms with E-state index in [2.05, 4.69) is 23.4 Å². The zero-order valence-electron chi connectivity index (χ0n) is 13.6. The average molecular weight is 300 g/mol. The fraction of sp³-hybridized carbons (Fsp3) is 0.529. The number of hydrogen-bond donors (Lipinski definition) is 0. The monoisotopic (exact) mass is 300 g/mol. The summed E-state index contributed by atoms with van der Waals surface area (Å²) in [7, 11) is 1.91. The summed E-state index contributed by atoms with van der Waals surface area (Å²) in [5.41, 5.74) is 0.775. The highest BCUT2D eigenvalue weighted by Crippen LogP contribution is 2.20. The Kier molecular flexibility index (Phi) is 4.05. The van der Waals surface area contributed by atoms with E-state index < -0.39 is 0 Å². The highest BCUT2D eigenvalue weighted by atomic mass is 16.2. The van der Waals surface area contributed by atoms with Crippen LogP contribution in [0.15, 0.2) is 30.7 Å². The summed E-state index contributed by atoms with van der Waals surface area (Å²) < 4.78 is 4.25. The molecule has 3 rings (SSSR count). The Labute approximate surface area is 131 Å². The maximum atomic E-state index is 12.7. The molecule has 0 aliphatic carbocycles. The number of carbonyl (C=O) groups is 1. The van der Waals surface area contributed by atoms with Gasteiger partial charge in [-0.05, 0) is 38.3 Å². The third-order valence-electron chi connectivity index (χ3n) is 4.47. The molecule has 22 heavy (non-hydrogen) atoms. The molecular formula is C17H24N4O. The summed E-state index contributed by atoms with van der Waals surface area (Å²) in [6.07, 6.45) is 7.97. The minimum absolute atomic E-state index is 0.107. The van der Waals surface area contributed by atoms with Gasteiger partial charge in [0.2, 0.25) is 0 Å². The Hall–Kier alpha value is -2.04. The number of nitrogens with zero attached hydrogens (tertiary/aromatic N) is 4. The zero-order chi connectivity index (χ0) is 15.7. The van der Waals surface area contributed by atoms with Gasteiger partial charge in [-0.15, -0.1) is 0 Å². The summed E-state index contributed by atoms with van der Waals surface area (Å²) in [6, 6.07) is 4.15. The van der Waals surface area contributed by atoms with Crippen molar-refractivity contribution in [3.05, 3.63) is 42.2 Å². The van der Waals surface area contributed by atoms with Gasteiger partial charge in [0.25, 0.3) is 5.91 Å².